The maximum atomic E-state index is 14.2. The molecule has 13 heteroatoms. The molecule has 2 aromatic carbocycles. The number of imide groups is 1. The summed E-state index contributed by atoms with van der Waals surface area (Å²) in [7, 11) is -2.73. The van der Waals surface area contributed by atoms with Crippen molar-refractivity contribution >= 4 is 27.9 Å². The first-order chi connectivity index (χ1) is 17.5. The van der Waals surface area contributed by atoms with Crippen LogP contribution in [-0.4, -0.2) is 67.8 Å². The second kappa shape index (κ2) is 9.06. The summed E-state index contributed by atoms with van der Waals surface area (Å²) in [6.07, 6.45) is 0.330. The first-order valence-electron chi connectivity index (χ1n) is 11.6. The van der Waals surface area contributed by atoms with Crippen LogP contribution in [0.4, 0.5) is 13.6 Å². The molecule has 3 heterocycles. The predicted molar refractivity (Wildman–Crippen MR) is 125 cm³/mol. The number of carbonyl (C=O) groups excluding carboxylic acids is 3. The number of hydrogen-bond donors (Lipinski definition) is 2. The van der Waals surface area contributed by atoms with E-state index < -0.39 is 49.9 Å². The van der Waals surface area contributed by atoms with Crippen LogP contribution in [-0.2, 0) is 21.4 Å². The van der Waals surface area contributed by atoms with E-state index in [1.54, 1.807) is 18.2 Å². The smallest absolute Gasteiger partial charge is 0.322 e. The van der Waals surface area contributed by atoms with Crippen molar-refractivity contribution in [3.8, 4) is 5.75 Å². The van der Waals surface area contributed by atoms with Crippen LogP contribution in [0.5, 0.6) is 5.75 Å². The van der Waals surface area contributed by atoms with Crippen molar-refractivity contribution in [3.63, 3.8) is 0 Å². The highest BCUT2D eigenvalue weighted by Gasteiger charge is 2.55. The molecule has 4 amide bonds. The molecule has 2 aromatic rings. The largest absolute Gasteiger partial charge is 0.497 e. The Morgan fingerprint density at radius 2 is 1.81 bits per heavy atom. The SMILES string of the molecule is COc1ccc2c(c1)CN(CC1(C3CCN(S(=O)(=O)c4ccc(F)cc4F)CC3)NC(=O)NC1=O)C2=O. The van der Waals surface area contributed by atoms with Gasteiger partial charge >= 0.3 is 6.03 Å². The minimum atomic E-state index is -4.25. The average molecular weight is 535 g/mol. The van der Waals surface area contributed by atoms with Gasteiger partial charge < -0.3 is 15.0 Å². The van der Waals surface area contributed by atoms with Gasteiger partial charge in [-0.3, -0.25) is 14.9 Å². The zero-order chi connectivity index (χ0) is 26.5. The van der Waals surface area contributed by atoms with Crippen molar-refractivity contribution in [2.45, 2.75) is 29.8 Å². The number of rotatable bonds is 6. The molecule has 0 radical (unpaired) electrons. The van der Waals surface area contributed by atoms with Gasteiger partial charge in [0.25, 0.3) is 11.8 Å². The highest BCUT2D eigenvalue weighted by Crippen LogP contribution is 2.36. The van der Waals surface area contributed by atoms with Crippen LogP contribution < -0.4 is 15.4 Å². The summed E-state index contributed by atoms with van der Waals surface area (Å²) < 4.78 is 59.8. The Hall–Kier alpha value is -3.58. The lowest BCUT2D eigenvalue weighted by Crippen LogP contribution is -2.62. The Morgan fingerprint density at radius 3 is 2.43 bits per heavy atom. The Kier molecular flexibility index (Phi) is 6.15. The van der Waals surface area contributed by atoms with Gasteiger partial charge in [-0.05, 0) is 54.7 Å². The lowest BCUT2D eigenvalue weighted by Gasteiger charge is -2.41. The first kappa shape index (κ1) is 25.1. The monoisotopic (exact) mass is 534 g/mol. The fraction of sp³-hybridized carbons (Fsp3) is 0.375. The van der Waals surface area contributed by atoms with Gasteiger partial charge in [-0.25, -0.2) is 22.0 Å². The summed E-state index contributed by atoms with van der Waals surface area (Å²) >= 11 is 0. The number of methoxy groups -OCH3 is 1. The zero-order valence-electron chi connectivity index (χ0n) is 19.8. The summed E-state index contributed by atoms with van der Waals surface area (Å²) in [5.41, 5.74) is -0.259. The van der Waals surface area contributed by atoms with Crippen LogP contribution in [0.1, 0.15) is 28.8 Å². The maximum Gasteiger partial charge on any atom is 0.322 e. The van der Waals surface area contributed by atoms with Gasteiger partial charge in [0.05, 0.1) is 13.7 Å². The molecule has 0 spiro atoms. The number of ether oxygens (including phenoxy) is 1. The molecule has 1 unspecified atom stereocenters. The van der Waals surface area contributed by atoms with E-state index in [1.165, 1.54) is 12.0 Å². The molecule has 3 aliphatic heterocycles. The normalized spacial score (nSPS) is 22.7. The Labute approximate surface area is 211 Å². The number of nitrogens with zero attached hydrogens (tertiary/aromatic N) is 2. The molecule has 10 nitrogen and oxygen atoms in total. The summed E-state index contributed by atoms with van der Waals surface area (Å²) in [6, 6.07) is 6.62. The van der Waals surface area contributed by atoms with Gasteiger partial charge in [0, 0.05) is 31.3 Å². The number of urea groups is 1. The molecule has 5 rings (SSSR count). The molecule has 0 bridgehead atoms. The lowest BCUT2D eigenvalue weighted by molar-refractivity contribution is -0.127. The second-order valence-corrected chi connectivity index (χ2v) is 11.2. The molecule has 0 aromatic heterocycles. The Bertz CT molecular complexity index is 1410. The van der Waals surface area contributed by atoms with E-state index >= 15 is 0 Å². The minimum absolute atomic E-state index is 0.0555. The van der Waals surface area contributed by atoms with Crippen LogP contribution in [0, 0.1) is 17.6 Å². The lowest BCUT2D eigenvalue weighted by atomic mass is 9.77. The van der Waals surface area contributed by atoms with Crippen molar-refractivity contribution < 1.29 is 36.3 Å². The summed E-state index contributed by atoms with van der Waals surface area (Å²) in [4.78, 5) is 39.2. The Balaban J connectivity index is 1.36. The number of carbonyl (C=O) groups is 3. The van der Waals surface area contributed by atoms with Gasteiger partial charge in [0.15, 0.2) is 0 Å². The van der Waals surface area contributed by atoms with Crippen molar-refractivity contribution in [1.29, 1.82) is 0 Å². The first-order valence-corrected chi connectivity index (χ1v) is 13.0. The number of amides is 4. The van der Waals surface area contributed by atoms with Crippen LogP contribution in [0.2, 0.25) is 0 Å². The van der Waals surface area contributed by atoms with E-state index in [1.807, 2.05) is 0 Å². The number of fused-ring (bicyclic) bond motifs is 1. The van der Waals surface area contributed by atoms with E-state index in [0.29, 0.717) is 17.4 Å². The third kappa shape index (κ3) is 4.21. The fourth-order valence-electron chi connectivity index (χ4n) is 5.36. The third-order valence-electron chi connectivity index (χ3n) is 7.26. The van der Waals surface area contributed by atoms with Crippen LogP contribution in [0.25, 0.3) is 0 Å². The van der Waals surface area contributed by atoms with Crippen LogP contribution in [0.3, 0.4) is 0 Å². The molecule has 37 heavy (non-hydrogen) atoms. The fourth-order valence-corrected chi connectivity index (χ4v) is 6.87. The van der Waals surface area contributed by atoms with Gasteiger partial charge in [-0.1, -0.05) is 0 Å². The molecule has 2 fully saturated rings. The molecule has 1 atom stereocenters. The number of halogens is 2. The highest BCUT2D eigenvalue weighted by molar-refractivity contribution is 7.89. The molecular formula is C24H24F2N4O6S. The zero-order valence-corrected chi connectivity index (χ0v) is 20.6. The number of benzene rings is 2. The topological polar surface area (TPSA) is 125 Å². The van der Waals surface area contributed by atoms with Gasteiger partial charge in [0.1, 0.15) is 27.8 Å². The number of nitrogens with one attached hydrogen (secondary N) is 2. The van der Waals surface area contributed by atoms with Gasteiger partial charge in [0.2, 0.25) is 10.0 Å². The average Bonchev–Trinajstić information content (AvgIpc) is 3.33. The van der Waals surface area contributed by atoms with Gasteiger partial charge in [-0.15, -0.1) is 0 Å². The maximum absolute atomic E-state index is 14.2. The quantitative estimate of drug-likeness (QED) is 0.543. The second-order valence-electron chi connectivity index (χ2n) is 9.32. The molecule has 0 aliphatic carbocycles. The van der Waals surface area contributed by atoms with Gasteiger partial charge in [-0.2, -0.15) is 4.31 Å². The highest BCUT2D eigenvalue weighted by atomic mass is 32.2. The summed E-state index contributed by atoms with van der Waals surface area (Å²) in [6.45, 7) is -0.00206. The van der Waals surface area contributed by atoms with E-state index in [2.05, 4.69) is 10.6 Å². The number of sulfonamides is 1. The standard InChI is InChI=1S/C24H24F2N4O6S/c1-36-17-3-4-18-14(10-17)12-29(21(18)31)13-24(22(32)27-23(33)28-24)15-6-8-30(9-7-15)37(34,35)20-5-2-16(25)11-19(20)26/h2-5,10-11,15H,6-9,12-13H2,1H3,(H2,27,28,32,33). The molecule has 2 saturated heterocycles. The van der Waals surface area contributed by atoms with E-state index in [0.717, 1.165) is 22.0 Å². The van der Waals surface area contributed by atoms with Crippen molar-refractivity contribution in [1.82, 2.24) is 19.8 Å². The molecule has 2 N–H and O–H groups in total. The summed E-state index contributed by atoms with van der Waals surface area (Å²) in [5, 5.41) is 4.95. The molecule has 196 valence electrons. The van der Waals surface area contributed by atoms with Crippen molar-refractivity contribution in [2.75, 3.05) is 26.7 Å². The third-order valence-corrected chi connectivity index (χ3v) is 9.19. The van der Waals surface area contributed by atoms with Crippen LogP contribution >= 0.6 is 0 Å². The number of piperidine rings is 1. The molecule has 0 saturated carbocycles. The minimum Gasteiger partial charge on any atom is -0.497 e. The number of hydrogen-bond acceptors (Lipinski definition) is 6. The summed E-state index contributed by atoms with van der Waals surface area (Å²) in [5.74, 6) is -2.89. The van der Waals surface area contributed by atoms with Crippen molar-refractivity contribution in [3.05, 3.63) is 59.2 Å². The van der Waals surface area contributed by atoms with E-state index in [9.17, 15) is 31.6 Å². The van der Waals surface area contributed by atoms with E-state index in [4.69, 9.17) is 4.74 Å². The molecule has 3 aliphatic rings. The van der Waals surface area contributed by atoms with Crippen molar-refractivity contribution in [2.24, 2.45) is 5.92 Å². The molecular weight excluding hydrogens is 510 g/mol. The predicted octanol–water partition coefficient (Wildman–Crippen LogP) is 1.61. The Morgan fingerprint density at radius 1 is 1.08 bits per heavy atom. The van der Waals surface area contributed by atoms with Crippen LogP contribution in [0.15, 0.2) is 41.3 Å². The van der Waals surface area contributed by atoms with E-state index in [-0.39, 0.29) is 44.9 Å².